The third-order valence-electron chi connectivity index (χ3n) is 3.06. The van der Waals surface area contributed by atoms with Crippen LogP contribution in [-0.2, 0) is 9.59 Å². The molecule has 1 aliphatic rings. The first kappa shape index (κ1) is 15.3. The first-order chi connectivity index (χ1) is 8.95. The Morgan fingerprint density at radius 1 is 1.26 bits per heavy atom. The molecule has 1 saturated heterocycles. The summed E-state index contributed by atoms with van der Waals surface area (Å²) in [7, 11) is 3.22. The summed E-state index contributed by atoms with van der Waals surface area (Å²) in [6, 6.07) is -0.298. The Bertz CT molecular complexity index is 357. The highest BCUT2D eigenvalue weighted by atomic mass is 16.2. The Morgan fingerprint density at radius 3 is 2.53 bits per heavy atom. The van der Waals surface area contributed by atoms with E-state index in [0.29, 0.717) is 26.1 Å². The third-order valence-corrected chi connectivity index (χ3v) is 3.06. The van der Waals surface area contributed by atoms with Crippen molar-refractivity contribution >= 4 is 17.8 Å². The topological polar surface area (TPSA) is 81.8 Å². The van der Waals surface area contributed by atoms with Crippen LogP contribution in [0, 0.1) is 5.92 Å². The number of rotatable bonds is 4. The monoisotopic (exact) mass is 270 g/mol. The molecule has 0 spiro atoms. The van der Waals surface area contributed by atoms with Gasteiger partial charge in [0.05, 0.1) is 12.5 Å². The van der Waals surface area contributed by atoms with Crippen LogP contribution in [0.15, 0.2) is 0 Å². The van der Waals surface area contributed by atoms with Gasteiger partial charge in [-0.25, -0.2) is 4.79 Å². The number of urea groups is 1. The van der Waals surface area contributed by atoms with Crippen LogP contribution in [0.2, 0.25) is 0 Å². The van der Waals surface area contributed by atoms with Gasteiger partial charge in [-0.2, -0.15) is 0 Å². The molecule has 4 amide bonds. The molecule has 1 unspecified atom stereocenters. The molecule has 7 nitrogen and oxygen atoms in total. The highest BCUT2D eigenvalue weighted by Gasteiger charge is 2.30. The summed E-state index contributed by atoms with van der Waals surface area (Å²) < 4.78 is 0. The van der Waals surface area contributed by atoms with Crippen molar-refractivity contribution in [1.82, 2.24) is 20.4 Å². The molecule has 0 saturated carbocycles. The van der Waals surface area contributed by atoms with Crippen LogP contribution in [0.1, 0.15) is 13.3 Å². The molecule has 0 aromatic rings. The molecule has 0 bridgehead atoms. The van der Waals surface area contributed by atoms with Gasteiger partial charge in [-0.15, -0.1) is 0 Å². The third kappa shape index (κ3) is 4.42. The molecule has 1 rings (SSSR count). The zero-order chi connectivity index (χ0) is 14.4. The van der Waals surface area contributed by atoms with Gasteiger partial charge in [0.2, 0.25) is 11.8 Å². The lowest BCUT2D eigenvalue weighted by atomic mass is 10.1. The van der Waals surface area contributed by atoms with Gasteiger partial charge >= 0.3 is 6.03 Å². The largest absolute Gasteiger partial charge is 0.356 e. The molecular formula is C12H22N4O3. The maximum atomic E-state index is 11.9. The Labute approximate surface area is 113 Å². The molecule has 1 heterocycles. The van der Waals surface area contributed by atoms with Gasteiger partial charge in [-0.3, -0.25) is 9.59 Å². The number of carbonyl (C=O) groups is 3. The molecule has 7 heteroatoms. The lowest BCUT2D eigenvalue weighted by Crippen LogP contribution is -2.43. The van der Waals surface area contributed by atoms with Crippen LogP contribution in [0.3, 0.4) is 0 Å². The highest BCUT2D eigenvalue weighted by Crippen LogP contribution is 2.16. The van der Waals surface area contributed by atoms with Gasteiger partial charge in [-0.1, -0.05) is 0 Å². The highest BCUT2D eigenvalue weighted by molar-refractivity contribution is 5.85. The van der Waals surface area contributed by atoms with Crippen molar-refractivity contribution in [3.8, 4) is 0 Å². The number of hydrogen-bond donors (Lipinski definition) is 2. The summed E-state index contributed by atoms with van der Waals surface area (Å²) in [6.07, 6.45) is 0.680. The minimum Gasteiger partial charge on any atom is -0.356 e. The predicted octanol–water partition coefficient (Wildman–Crippen LogP) is -0.758. The number of likely N-dealkylation sites (tertiary alicyclic amines) is 1. The molecule has 1 fully saturated rings. The van der Waals surface area contributed by atoms with Gasteiger partial charge in [-0.05, 0) is 13.3 Å². The predicted molar refractivity (Wildman–Crippen MR) is 70.5 cm³/mol. The fourth-order valence-electron chi connectivity index (χ4n) is 1.94. The molecular weight excluding hydrogens is 248 g/mol. The van der Waals surface area contributed by atoms with Gasteiger partial charge in [0, 0.05) is 33.7 Å². The quantitative estimate of drug-likeness (QED) is 0.704. The van der Waals surface area contributed by atoms with Crippen molar-refractivity contribution in [2.45, 2.75) is 13.3 Å². The van der Waals surface area contributed by atoms with E-state index in [4.69, 9.17) is 0 Å². The average molecular weight is 270 g/mol. The molecule has 0 radical (unpaired) electrons. The molecule has 1 atom stereocenters. The Balaban J connectivity index is 2.36. The summed E-state index contributed by atoms with van der Waals surface area (Å²) in [5.74, 6) is -0.287. The van der Waals surface area contributed by atoms with E-state index in [1.807, 2.05) is 6.92 Å². The lowest BCUT2D eigenvalue weighted by Gasteiger charge is -2.18. The van der Waals surface area contributed by atoms with Crippen molar-refractivity contribution in [3.63, 3.8) is 0 Å². The Morgan fingerprint density at radius 2 is 1.95 bits per heavy atom. The average Bonchev–Trinajstić information content (AvgIpc) is 2.85. The van der Waals surface area contributed by atoms with E-state index >= 15 is 0 Å². The van der Waals surface area contributed by atoms with Gasteiger partial charge < -0.3 is 20.4 Å². The van der Waals surface area contributed by atoms with Crippen molar-refractivity contribution in [3.05, 3.63) is 0 Å². The normalized spacial score (nSPS) is 18.1. The van der Waals surface area contributed by atoms with E-state index in [9.17, 15) is 14.4 Å². The van der Waals surface area contributed by atoms with Crippen LogP contribution in [0.4, 0.5) is 4.79 Å². The van der Waals surface area contributed by atoms with Gasteiger partial charge in [0.15, 0.2) is 0 Å². The second-order valence-corrected chi connectivity index (χ2v) is 4.77. The lowest BCUT2D eigenvalue weighted by molar-refractivity contribution is -0.129. The maximum absolute atomic E-state index is 11.9. The van der Waals surface area contributed by atoms with Crippen LogP contribution >= 0.6 is 0 Å². The SMILES string of the molecule is CCNC(=O)C1CCN(C(=O)CNC(=O)N(C)C)C1. The summed E-state index contributed by atoms with van der Waals surface area (Å²) in [5.41, 5.74) is 0. The number of nitrogens with zero attached hydrogens (tertiary/aromatic N) is 2. The molecule has 19 heavy (non-hydrogen) atoms. The van der Waals surface area contributed by atoms with Crippen molar-refractivity contribution in [1.29, 1.82) is 0 Å². The van der Waals surface area contributed by atoms with Crippen molar-refractivity contribution < 1.29 is 14.4 Å². The standard InChI is InChI=1S/C12H22N4O3/c1-4-13-11(18)9-5-6-16(8-9)10(17)7-14-12(19)15(2)3/h9H,4-8H2,1-3H3,(H,13,18)(H,14,19). The van der Waals surface area contributed by atoms with Crippen LogP contribution in [-0.4, -0.2) is 67.9 Å². The zero-order valence-electron chi connectivity index (χ0n) is 11.7. The minimum atomic E-state index is -0.298. The fourth-order valence-corrected chi connectivity index (χ4v) is 1.94. The summed E-state index contributed by atoms with van der Waals surface area (Å²) in [5, 5.41) is 5.28. The molecule has 0 aromatic heterocycles. The van der Waals surface area contributed by atoms with Crippen molar-refractivity contribution in [2.75, 3.05) is 40.3 Å². The molecule has 0 aliphatic carbocycles. The first-order valence-corrected chi connectivity index (χ1v) is 6.46. The van der Waals surface area contributed by atoms with E-state index in [1.165, 1.54) is 4.90 Å². The molecule has 2 N–H and O–H groups in total. The fraction of sp³-hybridized carbons (Fsp3) is 0.750. The van der Waals surface area contributed by atoms with E-state index in [-0.39, 0.29) is 30.3 Å². The molecule has 0 aromatic carbocycles. The second kappa shape index (κ2) is 6.96. The minimum absolute atomic E-state index is 0.00451. The van der Waals surface area contributed by atoms with Gasteiger partial charge in [0.1, 0.15) is 0 Å². The second-order valence-electron chi connectivity index (χ2n) is 4.77. The van der Waals surface area contributed by atoms with E-state index in [1.54, 1.807) is 19.0 Å². The number of carbonyl (C=O) groups excluding carboxylic acids is 3. The Kier molecular flexibility index (Phi) is 5.59. The summed E-state index contributed by atoms with van der Waals surface area (Å²) in [6.45, 7) is 3.44. The zero-order valence-corrected chi connectivity index (χ0v) is 11.7. The number of hydrogen-bond acceptors (Lipinski definition) is 3. The van der Waals surface area contributed by atoms with E-state index < -0.39 is 0 Å². The smallest absolute Gasteiger partial charge is 0.317 e. The van der Waals surface area contributed by atoms with Gasteiger partial charge in [0.25, 0.3) is 0 Å². The maximum Gasteiger partial charge on any atom is 0.317 e. The van der Waals surface area contributed by atoms with E-state index in [2.05, 4.69) is 10.6 Å². The molecule has 1 aliphatic heterocycles. The number of amides is 4. The van der Waals surface area contributed by atoms with Crippen LogP contribution in [0.5, 0.6) is 0 Å². The molecule has 108 valence electrons. The first-order valence-electron chi connectivity index (χ1n) is 6.46. The number of nitrogens with one attached hydrogen (secondary N) is 2. The van der Waals surface area contributed by atoms with E-state index in [0.717, 1.165) is 0 Å². The van der Waals surface area contributed by atoms with Crippen LogP contribution < -0.4 is 10.6 Å². The van der Waals surface area contributed by atoms with Crippen LogP contribution in [0.25, 0.3) is 0 Å². The summed E-state index contributed by atoms with van der Waals surface area (Å²) in [4.78, 5) is 37.8. The Hall–Kier alpha value is -1.79. The van der Waals surface area contributed by atoms with Crippen molar-refractivity contribution in [2.24, 2.45) is 5.92 Å². The summed E-state index contributed by atoms with van der Waals surface area (Å²) >= 11 is 0.